The molecule has 0 aromatic carbocycles. The number of aromatic nitrogens is 1. The Morgan fingerprint density at radius 3 is 2.40 bits per heavy atom. The molecular weight excluding hydrogens is 212 g/mol. The highest BCUT2D eigenvalue weighted by molar-refractivity contribution is 7.80. The summed E-state index contributed by atoms with van der Waals surface area (Å²) in [5.41, 5.74) is 0.295. The van der Waals surface area contributed by atoms with E-state index in [0.29, 0.717) is 23.7 Å². The number of carbonyl (C=O) groups excluding carboxylic acids is 1. The van der Waals surface area contributed by atoms with Gasteiger partial charge in [-0.25, -0.2) is 0 Å². The quantitative estimate of drug-likeness (QED) is 0.770. The maximum Gasteiger partial charge on any atom is 0.274 e. The molecule has 0 atom stereocenters. The van der Waals surface area contributed by atoms with Crippen molar-refractivity contribution in [3.8, 4) is 5.75 Å². The first-order valence-corrected chi connectivity index (χ1v) is 5.34. The molecule has 1 amide bonds. The third kappa shape index (κ3) is 2.12. The molecule has 1 N–H and O–H groups in total. The summed E-state index contributed by atoms with van der Waals surface area (Å²) in [5, 5.41) is 9.68. The standard InChI is InChI=1S/C10H16N2O2S/c1-4-12(5-2)10(14)8-9(13)7(15)6-11(8)3/h6,13,15H,4-5H2,1-3H3. The maximum atomic E-state index is 12.0. The molecule has 15 heavy (non-hydrogen) atoms. The van der Waals surface area contributed by atoms with E-state index in [-0.39, 0.29) is 11.7 Å². The van der Waals surface area contributed by atoms with E-state index >= 15 is 0 Å². The number of aryl methyl sites for hydroxylation is 1. The average Bonchev–Trinajstić information content (AvgIpc) is 2.43. The van der Waals surface area contributed by atoms with Crippen molar-refractivity contribution in [3.63, 3.8) is 0 Å². The molecule has 0 radical (unpaired) electrons. The van der Waals surface area contributed by atoms with Gasteiger partial charge < -0.3 is 14.6 Å². The lowest BCUT2D eigenvalue weighted by Gasteiger charge is -2.18. The van der Waals surface area contributed by atoms with E-state index in [1.165, 1.54) is 0 Å². The van der Waals surface area contributed by atoms with Crippen LogP contribution in [0.1, 0.15) is 24.3 Å². The number of hydrogen-bond acceptors (Lipinski definition) is 3. The predicted molar refractivity (Wildman–Crippen MR) is 61.6 cm³/mol. The van der Waals surface area contributed by atoms with Crippen molar-refractivity contribution in [3.05, 3.63) is 11.9 Å². The Morgan fingerprint density at radius 1 is 1.53 bits per heavy atom. The van der Waals surface area contributed by atoms with Crippen molar-refractivity contribution in [1.82, 2.24) is 9.47 Å². The molecule has 0 saturated heterocycles. The predicted octanol–water partition coefficient (Wildman–Crippen LogP) is 1.50. The second-order valence-electron chi connectivity index (χ2n) is 3.30. The van der Waals surface area contributed by atoms with E-state index in [1.54, 1.807) is 22.7 Å². The molecule has 1 rings (SSSR count). The SMILES string of the molecule is CCN(CC)C(=O)c1c(O)c(S)cn1C. The van der Waals surface area contributed by atoms with Gasteiger partial charge in [-0.3, -0.25) is 4.79 Å². The van der Waals surface area contributed by atoms with Gasteiger partial charge in [0.2, 0.25) is 0 Å². The van der Waals surface area contributed by atoms with Crippen LogP contribution in [-0.2, 0) is 7.05 Å². The fourth-order valence-electron chi connectivity index (χ4n) is 1.51. The number of amides is 1. The molecule has 5 heteroatoms. The van der Waals surface area contributed by atoms with Gasteiger partial charge in [0.05, 0.1) is 4.90 Å². The third-order valence-corrected chi connectivity index (χ3v) is 2.72. The van der Waals surface area contributed by atoms with Crippen LogP contribution in [0.5, 0.6) is 5.75 Å². The van der Waals surface area contributed by atoms with Gasteiger partial charge >= 0.3 is 0 Å². The first kappa shape index (κ1) is 12.0. The van der Waals surface area contributed by atoms with E-state index < -0.39 is 0 Å². The first-order chi connectivity index (χ1) is 7.02. The van der Waals surface area contributed by atoms with E-state index in [9.17, 15) is 9.90 Å². The van der Waals surface area contributed by atoms with Crippen LogP contribution in [0, 0.1) is 0 Å². The van der Waals surface area contributed by atoms with E-state index in [2.05, 4.69) is 12.6 Å². The van der Waals surface area contributed by atoms with Crippen LogP contribution in [-0.4, -0.2) is 33.6 Å². The Labute approximate surface area is 94.9 Å². The fourth-order valence-corrected chi connectivity index (χ4v) is 1.79. The fraction of sp³-hybridized carbons (Fsp3) is 0.500. The smallest absolute Gasteiger partial charge is 0.274 e. The zero-order valence-corrected chi connectivity index (χ0v) is 10.1. The van der Waals surface area contributed by atoms with E-state index in [0.717, 1.165) is 0 Å². The van der Waals surface area contributed by atoms with Crippen LogP contribution in [0.15, 0.2) is 11.1 Å². The van der Waals surface area contributed by atoms with Gasteiger partial charge in [0.15, 0.2) is 11.4 Å². The Bertz CT molecular complexity index is 370. The lowest BCUT2D eigenvalue weighted by molar-refractivity contribution is 0.0760. The summed E-state index contributed by atoms with van der Waals surface area (Å²) in [6.45, 7) is 5.07. The Morgan fingerprint density at radius 2 is 2.07 bits per heavy atom. The second-order valence-corrected chi connectivity index (χ2v) is 3.78. The highest BCUT2D eigenvalue weighted by Gasteiger charge is 2.21. The molecule has 0 unspecified atom stereocenters. The summed E-state index contributed by atoms with van der Waals surface area (Å²) >= 11 is 4.07. The third-order valence-electron chi connectivity index (χ3n) is 2.39. The number of rotatable bonds is 3. The highest BCUT2D eigenvalue weighted by atomic mass is 32.1. The topological polar surface area (TPSA) is 45.5 Å². The van der Waals surface area contributed by atoms with Crippen LogP contribution in [0.25, 0.3) is 0 Å². The van der Waals surface area contributed by atoms with Crippen molar-refractivity contribution < 1.29 is 9.90 Å². The van der Waals surface area contributed by atoms with Gasteiger partial charge in [-0.05, 0) is 13.8 Å². The summed E-state index contributed by atoms with van der Waals surface area (Å²) in [6, 6.07) is 0. The van der Waals surface area contributed by atoms with Crippen molar-refractivity contribution in [2.45, 2.75) is 18.7 Å². The van der Waals surface area contributed by atoms with Gasteiger partial charge in [-0.2, -0.15) is 0 Å². The summed E-state index contributed by atoms with van der Waals surface area (Å²) in [6.07, 6.45) is 1.62. The van der Waals surface area contributed by atoms with Gasteiger partial charge in [0.1, 0.15) is 0 Å². The van der Waals surface area contributed by atoms with Crippen LogP contribution >= 0.6 is 12.6 Å². The molecule has 1 heterocycles. The molecule has 1 aromatic heterocycles. The molecule has 0 saturated carbocycles. The Kier molecular flexibility index (Phi) is 3.68. The lowest BCUT2D eigenvalue weighted by atomic mass is 10.3. The van der Waals surface area contributed by atoms with Crippen molar-refractivity contribution in [1.29, 1.82) is 0 Å². The Hall–Kier alpha value is -1.10. The minimum Gasteiger partial charge on any atom is -0.504 e. The Balaban J connectivity index is 3.10. The molecule has 0 fully saturated rings. The van der Waals surface area contributed by atoms with Crippen LogP contribution in [0.3, 0.4) is 0 Å². The number of nitrogens with zero attached hydrogens (tertiary/aromatic N) is 2. The van der Waals surface area contributed by atoms with Crippen molar-refractivity contribution >= 4 is 18.5 Å². The lowest BCUT2D eigenvalue weighted by Crippen LogP contribution is -2.31. The second kappa shape index (κ2) is 4.61. The van der Waals surface area contributed by atoms with Gasteiger partial charge in [0, 0.05) is 26.3 Å². The maximum absolute atomic E-state index is 12.0. The normalized spacial score (nSPS) is 10.4. The average molecular weight is 228 g/mol. The summed E-state index contributed by atoms with van der Waals surface area (Å²) in [4.78, 5) is 14.1. The van der Waals surface area contributed by atoms with Crippen molar-refractivity contribution in [2.24, 2.45) is 7.05 Å². The van der Waals surface area contributed by atoms with Crippen LogP contribution in [0.2, 0.25) is 0 Å². The monoisotopic (exact) mass is 228 g/mol. The van der Waals surface area contributed by atoms with Gasteiger partial charge in [-0.15, -0.1) is 12.6 Å². The first-order valence-electron chi connectivity index (χ1n) is 4.89. The molecule has 4 nitrogen and oxygen atoms in total. The molecule has 0 aliphatic rings. The molecule has 1 aromatic rings. The minimum absolute atomic E-state index is 0.0438. The highest BCUT2D eigenvalue weighted by Crippen LogP contribution is 2.28. The van der Waals surface area contributed by atoms with E-state index in [1.807, 2.05) is 13.8 Å². The number of thiol groups is 1. The van der Waals surface area contributed by atoms with Crippen molar-refractivity contribution in [2.75, 3.05) is 13.1 Å². The van der Waals surface area contributed by atoms with Gasteiger partial charge in [-0.1, -0.05) is 0 Å². The summed E-state index contributed by atoms with van der Waals surface area (Å²) in [5.74, 6) is -0.210. The molecule has 0 aliphatic carbocycles. The largest absolute Gasteiger partial charge is 0.504 e. The number of carbonyl (C=O) groups is 1. The summed E-state index contributed by atoms with van der Waals surface area (Å²) < 4.78 is 1.60. The van der Waals surface area contributed by atoms with E-state index in [4.69, 9.17) is 0 Å². The minimum atomic E-state index is -0.166. The zero-order valence-electron chi connectivity index (χ0n) is 9.19. The zero-order chi connectivity index (χ0) is 11.6. The number of aromatic hydroxyl groups is 1. The molecule has 84 valence electrons. The van der Waals surface area contributed by atoms with Crippen LogP contribution in [0.4, 0.5) is 0 Å². The molecule has 0 aliphatic heterocycles. The van der Waals surface area contributed by atoms with Gasteiger partial charge in [0.25, 0.3) is 5.91 Å². The molecule has 0 spiro atoms. The molecular formula is C10H16N2O2S. The molecule has 0 bridgehead atoms. The van der Waals surface area contributed by atoms with Crippen LogP contribution < -0.4 is 0 Å². The summed E-state index contributed by atoms with van der Waals surface area (Å²) in [7, 11) is 1.72. The number of hydrogen-bond donors (Lipinski definition) is 2.